The summed E-state index contributed by atoms with van der Waals surface area (Å²) in [6.07, 6.45) is 0.256. The van der Waals surface area contributed by atoms with Gasteiger partial charge in [-0.15, -0.1) is 0 Å². The summed E-state index contributed by atoms with van der Waals surface area (Å²) >= 11 is 11.9. The Labute approximate surface area is 155 Å². The molecule has 0 aliphatic carbocycles. The van der Waals surface area contributed by atoms with Gasteiger partial charge < -0.3 is 9.42 Å². The van der Waals surface area contributed by atoms with Gasteiger partial charge in [0, 0.05) is 22.7 Å². The molecule has 0 spiro atoms. The van der Waals surface area contributed by atoms with Crippen LogP contribution in [-0.4, -0.2) is 28.0 Å². The van der Waals surface area contributed by atoms with Gasteiger partial charge in [0.2, 0.25) is 17.6 Å². The molecule has 0 N–H and O–H groups in total. The van der Waals surface area contributed by atoms with E-state index in [1.807, 2.05) is 24.3 Å². The van der Waals surface area contributed by atoms with Crippen LogP contribution in [0.5, 0.6) is 0 Å². The molecule has 0 aliphatic heterocycles. The SMILES string of the molecule is CN(Cc1nc(-c2cccc(Cl)c2)no1)C(=O)Cc1cccc(Cl)c1. The molecule has 0 saturated heterocycles. The third-order valence-corrected chi connectivity index (χ3v) is 4.06. The molecule has 1 amide bonds. The van der Waals surface area contributed by atoms with Gasteiger partial charge in [0.1, 0.15) is 0 Å². The molecule has 128 valence electrons. The Balaban J connectivity index is 1.65. The summed E-state index contributed by atoms with van der Waals surface area (Å²) in [6, 6.07) is 14.4. The maximum absolute atomic E-state index is 12.3. The topological polar surface area (TPSA) is 59.2 Å². The largest absolute Gasteiger partial charge is 0.337 e. The molecular weight excluding hydrogens is 361 g/mol. The molecule has 5 nitrogen and oxygen atoms in total. The van der Waals surface area contributed by atoms with Crippen LogP contribution in [-0.2, 0) is 17.8 Å². The molecule has 0 saturated carbocycles. The van der Waals surface area contributed by atoms with Crippen molar-refractivity contribution in [2.75, 3.05) is 7.05 Å². The van der Waals surface area contributed by atoms with Crippen molar-refractivity contribution in [2.45, 2.75) is 13.0 Å². The number of halogens is 2. The summed E-state index contributed by atoms with van der Waals surface area (Å²) in [7, 11) is 1.69. The first-order valence-electron chi connectivity index (χ1n) is 7.58. The van der Waals surface area contributed by atoms with Crippen LogP contribution in [0.15, 0.2) is 53.1 Å². The van der Waals surface area contributed by atoms with E-state index in [2.05, 4.69) is 10.1 Å². The van der Waals surface area contributed by atoms with Gasteiger partial charge in [-0.3, -0.25) is 4.79 Å². The number of rotatable bonds is 5. The monoisotopic (exact) mass is 375 g/mol. The van der Waals surface area contributed by atoms with E-state index in [9.17, 15) is 4.79 Å². The summed E-state index contributed by atoms with van der Waals surface area (Å²) in [4.78, 5) is 18.2. The fraction of sp³-hybridized carbons (Fsp3) is 0.167. The van der Waals surface area contributed by atoms with Gasteiger partial charge in [0.15, 0.2) is 0 Å². The molecule has 0 radical (unpaired) electrons. The van der Waals surface area contributed by atoms with E-state index < -0.39 is 0 Å². The Morgan fingerprint density at radius 2 is 1.84 bits per heavy atom. The number of hydrogen-bond donors (Lipinski definition) is 0. The highest BCUT2D eigenvalue weighted by atomic mass is 35.5. The van der Waals surface area contributed by atoms with Crippen molar-refractivity contribution in [3.05, 3.63) is 70.0 Å². The van der Waals surface area contributed by atoms with E-state index in [1.165, 1.54) is 4.90 Å². The number of carbonyl (C=O) groups excluding carboxylic acids is 1. The second-order valence-electron chi connectivity index (χ2n) is 5.58. The first-order chi connectivity index (χ1) is 12.0. The summed E-state index contributed by atoms with van der Waals surface area (Å²) < 4.78 is 5.23. The molecule has 0 bridgehead atoms. The van der Waals surface area contributed by atoms with E-state index in [1.54, 1.807) is 31.3 Å². The van der Waals surface area contributed by atoms with Gasteiger partial charge in [-0.25, -0.2) is 0 Å². The average Bonchev–Trinajstić information content (AvgIpc) is 3.03. The third kappa shape index (κ3) is 4.59. The minimum Gasteiger partial charge on any atom is -0.337 e. The van der Waals surface area contributed by atoms with E-state index in [4.69, 9.17) is 27.7 Å². The second-order valence-corrected chi connectivity index (χ2v) is 6.45. The van der Waals surface area contributed by atoms with E-state index >= 15 is 0 Å². The van der Waals surface area contributed by atoms with Crippen molar-refractivity contribution in [3.63, 3.8) is 0 Å². The minimum absolute atomic E-state index is 0.0650. The van der Waals surface area contributed by atoms with Crippen LogP contribution in [0, 0.1) is 0 Å². The van der Waals surface area contributed by atoms with E-state index in [0.717, 1.165) is 11.1 Å². The highest BCUT2D eigenvalue weighted by molar-refractivity contribution is 6.31. The molecule has 7 heteroatoms. The average molecular weight is 376 g/mol. The molecular formula is C18H15Cl2N3O2. The fourth-order valence-corrected chi connectivity index (χ4v) is 2.71. The highest BCUT2D eigenvalue weighted by Crippen LogP contribution is 2.20. The van der Waals surface area contributed by atoms with Crippen LogP contribution < -0.4 is 0 Å². The van der Waals surface area contributed by atoms with Crippen molar-refractivity contribution in [1.29, 1.82) is 0 Å². The number of likely N-dealkylation sites (N-methyl/N-ethyl adjacent to an activating group) is 1. The number of nitrogens with zero attached hydrogens (tertiary/aromatic N) is 3. The molecule has 25 heavy (non-hydrogen) atoms. The predicted molar refractivity (Wildman–Crippen MR) is 96.4 cm³/mol. The minimum atomic E-state index is -0.0650. The number of amides is 1. The van der Waals surface area contributed by atoms with Gasteiger partial charge in [0.05, 0.1) is 13.0 Å². The molecule has 0 aliphatic rings. The third-order valence-electron chi connectivity index (χ3n) is 3.59. The lowest BCUT2D eigenvalue weighted by Crippen LogP contribution is -2.27. The lowest BCUT2D eigenvalue weighted by atomic mass is 10.1. The summed E-state index contributed by atoms with van der Waals surface area (Å²) in [6.45, 7) is 0.229. The summed E-state index contributed by atoms with van der Waals surface area (Å²) in [5, 5.41) is 5.14. The molecule has 2 aromatic carbocycles. The quantitative estimate of drug-likeness (QED) is 0.668. The summed E-state index contributed by atoms with van der Waals surface area (Å²) in [5.74, 6) is 0.731. The van der Waals surface area contributed by atoms with E-state index in [0.29, 0.717) is 21.8 Å². The first kappa shape index (κ1) is 17.5. The second kappa shape index (κ2) is 7.68. The maximum Gasteiger partial charge on any atom is 0.246 e. The Hall–Kier alpha value is -2.37. The molecule has 0 atom stereocenters. The van der Waals surface area contributed by atoms with Crippen molar-refractivity contribution >= 4 is 29.1 Å². The molecule has 0 unspecified atom stereocenters. The number of aromatic nitrogens is 2. The Morgan fingerprint density at radius 3 is 2.56 bits per heavy atom. The number of hydrogen-bond acceptors (Lipinski definition) is 4. The molecule has 0 fully saturated rings. The van der Waals surface area contributed by atoms with Crippen LogP contribution in [0.3, 0.4) is 0 Å². The number of benzene rings is 2. The first-order valence-corrected chi connectivity index (χ1v) is 8.34. The standard InChI is InChI=1S/C18H15Cl2N3O2/c1-23(17(24)9-12-4-2-6-14(19)8-12)11-16-21-18(22-25-16)13-5-3-7-15(20)10-13/h2-8,10H,9,11H2,1H3. The van der Waals surface area contributed by atoms with Crippen LogP contribution in [0.1, 0.15) is 11.5 Å². The Bertz CT molecular complexity index is 895. The zero-order valence-corrected chi connectivity index (χ0v) is 15.0. The molecule has 3 rings (SSSR count). The zero-order valence-electron chi connectivity index (χ0n) is 13.4. The highest BCUT2D eigenvalue weighted by Gasteiger charge is 2.15. The van der Waals surface area contributed by atoms with Crippen molar-refractivity contribution in [2.24, 2.45) is 0 Å². The van der Waals surface area contributed by atoms with Crippen molar-refractivity contribution in [3.8, 4) is 11.4 Å². The zero-order chi connectivity index (χ0) is 17.8. The Kier molecular flexibility index (Phi) is 5.36. The lowest BCUT2D eigenvalue weighted by Gasteiger charge is -2.14. The van der Waals surface area contributed by atoms with Gasteiger partial charge in [-0.1, -0.05) is 52.6 Å². The lowest BCUT2D eigenvalue weighted by molar-refractivity contribution is -0.130. The molecule has 1 heterocycles. The van der Waals surface area contributed by atoms with E-state index in [-0.39, 0.29) is 18.9 Å². The fourth-order valence-electron chi connectivity index (χ4n) is 2.31. The van der Waals surface area contributed by atoms with Crippen molar-refractivity contribution < 1.29 is 9.32 Å². The maximum atomic E-state index is 12.3. The van der Waals surface area contributed by atoms with Gasteiger partial charge >= 0.3 is 0 Å². The normalized spacial score (nSPS) is 10.7. The number of carbonyl (C=O) groups is 1. The van der Waals surface area contributed by atoms with Crippen LogP contribution in [0.25, 0.3) is 11.4 Å². The Morgan fingerprint density at radius 1 is 1.12 bits per heavy atom. The van der Waals surface area contributed by atoms with Gasteiger partial charge in [0.25, 0.3) is 0 Å². The summed E-state index contributed by atoms with van der Waals surface area (Å²) in [5.41, 5.74) is 1.62. The predicted octanol–water partition coefficient (Wildman–Crippen LogP) is 4.24. The molecule has 3 aromatic rings. The van der Waals surface area contributed by atoms with Crippen molar-refractivity contribution in [1.82, 2.24) is 15.0 Å². The van der Waals surface area contributed by atoms with Gasteiger partial charge in [-0.05, 0) is 29.8 Å². The van der Waals surface area contributed by atoms with Crippen LogP contribution in [0.2, 0.25) is 10.0 Å². The van der Waals surface area contributed by atoms with Gasteiger partial charge in [-0.2, -0.15) is 4.98 Å². The molecule has 1 aromatic heterocycles. The van der Waals surface area contributed by atoms with Crippen LogP contribution >= 0.6 is 23.2 Å². The van der Waals surface area contributed by atoms with Crippen LogP contribution in [0.4, 0.5) is 0 Å². The smallest absolute Gasteiger partial charge is 0.246 e.